The van der Waals surface area contributed by atoms with E-state index in [4.69, 9.17) is 26.4 Å². The molecule has 0 radical (unpaired) electrons. The van der Waals surface area contributed by atoms with Gasteiger partial charge in [-0.1, -0.05) is 0 Å². The molecule has 0 bridgehead atoms. The summed E-state index contributed by atoms with van der Waals surface area (Å²) in [7, 11) is 4.68. The van der Waals surface area contributed by atoms with E-state index in [0.29, 0.717) is 50.8 Å². The first-order valence-corrected chi connectivity index (χ1v) is 9.24. The van der Waals surface area contributed by atoms with Crippen LogP contribution in [0.4, 0.5) is 17.3 Å². The summed E-state index contributed by atoms with van der Waals surface area (Å²) in [5, 5.41) is 9.72. The number of methoxy groups -OCH3 is 3. The summed E-state index contributed by atoms with van der Waals surface area (Å²) in [6, 6.07) is 7.20. The first-order valence-electron chi connectivity index (χ1n) is 8.83. The predicted octanol–water partition coefficient (Wildman–Crippen LogP) is 3.10. The fourth-order valence-corrected chi connectivity index (χ4v) is 2.90. The topological polar surface area (TPSA) is 102 Å². The predicted molar refractivity (Wildman–Crippen MR) is 117 cm³/mol. The molecule has 2 heterocycles. The Labute approximate surface area is 173 Å². The van der Waals surface area contributed by atoms with Gasteiger partial charge in [0.15, 0.2) is 28.1 Å². The normalized spacial score (nSPS) is 10.3. The molecule has 0 saturated carbocycles. The molecule has 0 atom stereocenters. The fourth-order valence-electron chi connectivity index (χ4n) is 2.65. The van der Waals surface area contributed by atoms with Crippen LogP contribution in [0.2, 0.25) is 0 Å². The highest BCUT2D eigenvalue weighted by Crippen LogP contribution is 2.40. The van der Waals surface area contributed by atoms with Gasteiger partial charge in [-0.25, -0.2) is 15.0 Å². The van der Waals surface area contributed by atoms with E-state index < -0.39 is 0 Å². The van der Waals surface area contributed by atoms with Gasteiger partial charge in [-0.2, -0.15) is 0 Å². The van der Waals surface area contributed by atoms with Crippen LogP contribution in [0.3, 0.4) is 0 Å². The monoisotopic (exact) mass is 414 g/mol. The molecule has 3 rings (SSSR count). The van der Waals surface area contributed by atoms with Gasteiger partial charge in [0.2, 0.25) is 5.75 Å². The van der Waals surface area contributed by atoms with Gasteiger partial charge in [-0.05, 0) is 31.3 Å². The molecular weight excluding hydrogens is 392 g/mol. The van der Waals surface area contributed by atoms with Crippen molar-refractivity contribution in [3.63, 3.8) is 0 Å². The first kappa shape index (κ1) is 20.3. The van der Waals surface area contributed by atoms with Crippen LogP contribution in [0.25, 0.3) is 11.2 Å². The van der Waals surface area contributed by atoms with Crippen LogP contribution in [0.15, 0.2) is 30.5 Å². The number of ether oxygens (including phenoxy) is 3. The van der Waals surface area contributed by atoms with Crippen LogP contribution in [0, 0.1) is 0 Å². The maximum atomic E-state index is 5.38. The van der Waals surface area contributed by atoms with Crippen molar-refractivity contribution >= 4 is 45.8 Å². The van der Waals surface area contributed by atoms with Crippen LogP contribution >= 0.6 is 12.2 Å². The Hall–Kier alpha value is -3.40. The molecule has 1 aromatic carbocycles. The Kier molecular flexibility index (Phi) is 6.45. The molecule has 0 aliphatic heterocycles. The van der Waals surface area contributed by atoms with Gasteiger partial charge in [-0.3, -0.25) is 0 Å². The van der Waals surface area contributed by atoms with Crippen molar-refractivity contribution in [3.05, 3.63) is 30.5 Å². The Morgan fingerprint density at radius 2 is 1.69 bits per heavy atom. The highest BCUT2D eigenvalue weighted by Gasteiger charge is 2.14. The summed E-state index contributed by atoms with van der Waals surface area (Å²) in [6.45, 7) is 2.69. The summed E-state index contributed by atoms with van der Waals surface area (Å²) in [5.74, 6) is 2.68. The number of hydrogen-bond acceptors (Lipinski definition) is 8. The first-order chi connectivity index (χ1) is 14.1. The Bertz CT molecular complexity index is 1000. The minimum atomic E-state index is 0.478. The Morgan fingerprint density at radius 1 is 1.00 bits per heavy atom. The molecule has 152 valence electrons. The zero-order valence-corrected chi connectivity index (χ0v) is 17.4. The highest BCUT2D eigenvalue weighted by atomic mass is 32.1. The van der Waals surface area contributed by atoms with E-state index in [1.807, 2.05) is 13.0 Å². The quantitative estimate of drug-likeness (QED) is 0.500. The number of benzene rings is 1. The Balaban J connectivity index is 1.89. The molecule has 10 heteroatoms. The smallest absolute Gasteiger partial charge is 0.203 e. The van der Waals surface area contributed by atoms with E-state index in [-0.39, 0.29) is 0 Å². The fraction of sp³-hybridized carbons (Fsp3) is 0.263. The highest BCUT2D eigenvalue weighted by molar-refractivity contribution is 7.80. The lowest BCUT2D eigenvalue weighted by atomic mass is 10.2. The van der Waals surface area contributed by atoms with Crippen LogP contribution < -0.4 is 30.2 Å². The summed E-state index contributed by atoms with van der Waals surface area (Å²) < 4.78 is 16.1. The van der Waals surface area contributed by atoms with Crippen molar-refractivity contribution in [1.82, 2.24) is 20.3 Å². The average Bonchev–Trinajstić information content (AvgIpc) is 2.72. The van der Waals surface area contributed by atoms with Crippen LogP contribution in [0.1, 0.15) is 6.92 Å². The second kappa shape index (κ2) is 9.20. The second-order valence-corrected chi connectivity index (χ2v) is 6.23. The molecule has 3 aromatic rings. The Morgan fingerprint density at radius 3 is 2.31 bits per heavy atom. The van der Waals surface area contributed by atoms with Gasteiger partial charge in [0.25, 0.3) is 0 Å². The zero-order valence-electron chi connectivity index (χ0n) is 16.6. The van der Waals surface area contributed by atoms with Gasteiger partial charge in [0, 0.05) is 24.4 Å². The lowest BCUT2D eigenvalue weighted by molar-refractivity contribution is 0.324. The molecule has 29 heavy (non-hydrogen) atoms. The average molecular weight is 414 g/mol. The number of pyridine rings is 1. The molecule has 0 amide bonds. The molecule has 2 aromatic heterocycles. The number of anilines is 3. The van der Waals surface area contributed by atoms with Gasteiger partial charge in [-0.15, -0.1) is 0 Å². The van der Waals surface area contributed by atoms with E-state index in [9.17, 15) is 0 Å². The van der Waals surface area contributed by atoms with Crippen molar-refractivity contribution < 1.29 is 14.2 Å². The van der Waals surface area contributed by atoms with E-state index in [2.05, 4.69) is 30.9 Å². The van der Waals surface area contributed by atoms with Crippen molar-refractivity contribution in [3.8, 4) is 17.2 Å². The van der Waals surface area contributed by atoms with Crippen molar-refractivity contribution in [2.75, 3.05) is 38.5 Å². The maximum Gasteiger partial charge on any atom is 0.203 e. The summed E-state index contributed by atoms with van der Waals surface area (Å²) in [4.78, 5) is 13.4. The number of rotatable bonds is 7. The van der Waals surface area contributed by atoms with Gasteiger partial charge in [0.05, 0.1) is 27.5 Å². The lowest BCUT2D eigenvalue weighted by Gasteiger charge is -2.15. The van der Waals surface area contributed by atoms with Crippen molar-refractivity contribution in [2.45, 2.75) is 6.92 Å². The zero-order chi connectivity index (χ0) is 20.8. The number of thiocarbonyl (C=S) groups is 1. The molecule has 0 spiro atoms. The third kappa shape index (κ3) is 4.72. The summed E-state index contributed by atoms with van der Waals surface area (Å²) in [5.41, 5.74) is 1.85. The second-order valence-electron chi connectivity index (χ2n) is 5.82. The van der Waals surface area contributed by atoms with Gasteiger partial charge in [0.1, 0.15) is 11.3 Å². The molecule has 0 aliphatic rings. The van der Waals surface area contributed by atoms with Crippen LogP contribution in [-0.2, 0) is 0 Å². The number of hydrogen-bond donors (Lipinski definition) is 3. The third-order valence-corrected chi connectivity index (χ3v) is 4.17. The molecule has 0 aliphatic carbocycles. The van der Waals surface area contributed by atoms with Crippen LogP contribution in [0.5, 0.6) is 17.2 Å². The molecule has 0 fully saturated rings. The molecule has 0 saturated heterocycles. The standard InChI is InChI=1S/C19H22N6O3S/c1-5-20-19(29)25-15-7-6-12-18(23-15)24-16(10-21-12)22-11-8-13(26-2)17(28-4)14(9-11)27-3/h6-10H,5H2,1-4H3,(H3,20,22,23,24,25,29). The van der Waals surface area contributed by atoms with Crippen LogP contribution in [-0.4, -0.2) is 47.9 Å². The van der Waals surface area contributed by atoms with E-state index in [0.717, 1.165) is 6.54 Å². The van der Waals surface area contributed by atoms with Gasteiger partial charge < -0.3 is 30.2 Å². The number of aromatic nitrogens is 3. The SMILES string of the molecule is CCNC(=S)Nc1ccc2ncc(Nc3cc(OC)c(OC)c(OC)c3)nc2n1. The van der Waals surface area contributed by atoms with E-state index in [1.165, 1.54) is 0 Å². The largest absolute Gasteiger partial charge is 0.493 e. The van der Waals surface area contributed by atoms with E-state index in [1.54, 1.807) is 45.7 Å². The number of nitrogens with one attached hydrogen (secondary N) is 3. The van der Waals surface area contributed by atoms with Gasteiger partial charge >= 0.3 is 0 Å². The maximum absolute atomic E-state index is 5.38. The summed E-state index contributed by atoms with van der Waals surface area (Å²) >= 11 is 5.19. The number of nitrogens with zero attached hydrogens (tertiary/aromatic N) is 3. The molecule has 0 unspecified atom stereocenters. The van der Waals surface area contributed by atoms with Crippen molar-refractivity contribution in [2.24, 2.45) is 0 Å². The van der Waals surface area contributed by atoms with E-state index >= 15 is 0 Å². The van der Waals surface area contributed by atoms with Crippen molar-refractivity contribution in [1.29, 1.82) is 0 Å². The molecule has 9 nitrogen and oxygen atoms in total. The minimum Gasteiger partial charge on any atom is -0.493 e. The number of fused-ring (bicyclic) bond motifs is 1. The molecule has 3 N–H and O–H groups in total. The lowest BCUT2D eigenvalue weighted by Crippen LogP contribution is -2.28. The minimum absolute atomic E-state index is 0.478. The molecular formula is C19H22N6O3S. The third-order valence-electron chi connectivity index (χ3n) is 3.92. The summed E-state index contributed by atoms with van der Waals surface area (Å²) in [6.07, 6.45) is 1.63.